The summed E-state index contributed by atoms with van der Waals surface area (Å²) < 4.78 is 31.1. The minimum absolute atomic E-state index is 0.262. The van der Waals surface area contributed by atoms with E-state index in [4.69, 9.17) is 4.74 Å². The number of nitrogens with zero attached hydrogens (tertiary/aromatic N) is 2. The largest absolute Gasteiger partial charge is 0.450 e. The summed E-state index contributed by atoms with van der Waals surface area (Å²) in [6.07, 6.45) is 1.74. The lowest BCUT2D eigenvalue weighted by molar-refractivity contribution is -0.135. The van der Waals surface area contributed by atoms with Crippen LogP contribution in [0.4, 0.5) is 4.79 Å². The standard InChI is InChI=1S/C21H30N2O5S/c1-4-28-20(25)23-13-11-22(12-14-23)19(24)21(9-5-6-10-21)29(26,27)18-15-16(2)7-8-17(18)3/h7-8,15H,4-6,9-14H2,1-3H3. The lowest BCUT2D eigenvalue weighted by atomic mass is 10.0. The van der Waals surface area contributed by atoms with Crippen molar-refractivity contribution in [3.05, 3.63) is 29.3 Å². The number of hydrogen-bond acceptors (Lipinski definition) is 5. The van der Waals surface area contributed by atoms with Gasteiger partial charge in [-0.3, -0.25) is 4.79 Å². The predicted octanol–water partition coefficient (Wildman–Crippen LogP) is 2.69. The summed E-state index contributed by atoms with van der Waals surface area (Å²) >= 11 is 0. The zero-order chi connectivity index (χ0) is 21.2. The fourth-order valence-corrected chi connectivity index (χ4v) is 6.79. The van der Waals surface area contributed by atoms with Crippen molar-refractivity contribution in [1.82, 2.24) is 9.80 Å². The quantitative estimate of drug-likeness (QED) is 0.745. The summed E-state index contributed by atoms with van der Waals surface area (Å²) in [5, 5.41) is 0. The molecule has 0 aromatic heterocycles. The van der Waals surface area contributed by atoms with Gasteiger partial charge in [0.05, 0.1) is 11.5 Å². The third-order valence-electron chi connectivity index (χ3n) is 6.04. The summed E-state index contributed by atoms with van der Waals surface area (Å²) in [5.74, 6) is -0.320. The van der Waals surface area contributed by atoms with Gasteiger partial charge < -0.3 is 14.5 Å². The molecule has 3 rings (SSSR count). The Morgan fingerprint density at radius 2 is 1.62 bits per heavy atom. The summed E-state index contributed by atoms with van der Waals surface area (Å²) in [7, 11) is -3.84. The molecule has 1 heterocycles. The van der Waals surface area contributed by atoms with Crippen LogP contribution < -0.4 is 0 Å². The van der Waals surface area contributed by atoms with E-state index in [1.54, 1.807) is 35.8 Å². The van der Waals surface area contributed by atoms with Crippen molar-refractivity contribution in [2.75, 3.05) is 32.8 Å². The van der Waals surface area contributed by atoms with Gasteiger partial charge in [0.15, 0.2) is 14.6 Å². The average molecular weight is 423 g/mol. The SMILES string of the molecule is CCOC(=O)N1CCN(C(=O)C2(S(=O)(=O)c3cc(C)ccc3C)CCCC2)CC1. The lowest BCUT2D eigenvalue weighted by Gasteiger charge is -2.39. The normalized spacial score (nSPS) is 19.3. The molecule has 8 heteroatoms. The number of sulfone groups is 1. The Hall–Kier alpha value is -2.09. The summed E-state index contributed by atoms with van der Waals surface area (Å²) in [5.41, 5.74) is 1.53. The molecule has 160 valence electrons. The van der Waals surface area contributed by atoms with E-state index in [0.29, 0.717) is 51.2 Å². The van der Waals surface area contributed by atoms with Gasteiger partial charge in [-0.05, 0) is 50.8 Å². The van der Waals surface area contributed by atoms with Gasteiger partial charge >= 0.3 is 6.09 Å². The Bertz CT molecular complexity index is 882. The van der Waals surface area contributed by atoms with Gasteiger partial charge in [-0.25, -0.2) is 13.2 Å². The van der Waals surface area contributed by atoms with Crippen molar-refractivity contribution < 1.29 is 22.7 Å². The van der Waals surface area contributed by atoms with Crippen molar-refractivity contribution in [2.24, 2.45) is 0 Å². The van der Waals surface area contributed by atoms with Crippen molar-refractivity contribution in [3.8, 4) is 0 Å². The number of carbonyl (C=O) groups excluding carboxylic acids is 2. The van der Waals surface area contributed by atoms with Gasteiger partial charge in [-0.15, -0.1) is 0 Å². The Balaban J connectivity index is 1.87. The molecule has 2 fully saturated rings. The van der Waals surface area contributed by atoms with Crippen molar-refractivity contribution in [1.29, 1.82) is 0 Å². The van der Waals surface area contributed by atoms with Crippen LogP contribution in [-0.2, 0) is 19.4 Å². The van der Waals surface area contributed by atoms with E-state index in [0.717, 1.165) is 18.4 Å². The number of benzene rings is 1. The zero-order valence-corrected chi connectivity index (χ0v) is 18.3. The third-order valence-corrected chi connectivity index (χ3v) is 8.67. The second-order valence-electron chi connectivity index (χ2n) is 7.95. The molecule has 2 amide bonds. The molecule has 0 radical (unpaired) electrons. The molecule has 2 aliphatic rings. The summed E-state index contributed by atoms with van der Waals surface area (Å²) in [4.78, 5) is 28.9. The highest BCUT2D eigenvalue weighted by molar-refractivity contribution is 7.93. The van der Waals surface area contributed by atoms with Gasteiger partial charge in [-0.1, -0.05) is 25.0 Å². The number of ether oxygens (including phenoxy) is 1. The van der Waals surface area contributed by atoms with Gasteiger partial charge in [0.1, 0.15) is 0 Å². The zero-order valence-electron chi connectivity index (χ0n) is 17.4. The number of amides is 2. The minimum atomic E-state index is -3.84. The van der Waals surface area contributed by atoms with E-state index in [9.17, 15) is 18.0 Å². The Labute approximate surface area is 172 Å². The fourth-order valence-electron chi connectivity index (χ4n) is 4.35. The van der Waals surface area contributed by atoms with Crippen LogP contribution in [0.25, 0.3) is 0 Å². The van der Waals surface area contributed by atoms with Crippen LogP contribution in [0.3, 0.4) is 0 Å². The number of piperazine rings is 1. The Kier molecular flexibility index (Phi) is 6.22. The van der Waals surface area contributed by atoms with E-state index >= 15 is 0 Å². The maximum Gasteiger partial charge on any atom is 0.409 e. The van der Waals surface area contributed by atoms with Gasteiger partial charge in [0, 0.05) is 26.2 Å². The van der Waals surface area contributed by atoms with E-state index in [2.05, 4.69) is 0 Å². The fraction of sp³-hybridized carbons (Fsp3) is 0.619. The topological polar surface area (TPSA) is 84.0 Å². The molecule has 0 atom stereocenters. The molecule has 1 saturated heterocycles. The molecule has 0 unspecified atom stereocenters. The molecule has 0 N–H and O–H groups in total. The molecular weight excluding hydrogens is 392 g/mol. The van der Waals surface area contributed by atoms with Crippen molar-refractivity contribution in [3.63, 3.8) is 0 Å². The molecule has 1 aromatic rings. The first-order valence-electron chi connectivity index (χ1n) is 10.3. The van der Waals surface area contributed by atoms with Crippen molar-refractivity contribution in [2.45, 2.75) is 56.1 Å². The highest BCUT2D eigenvalue weighted by Gasteiger charge is 2.55. The highest BCUT2D eigenvalue weighted by Crippen LogP contribution is 2.43. The van der Waals surface area contributed by atoms with E-state index in [1.165, 1.54) is 0 Å². The van der Waals surface area contributed by atoms with Crippen LogP contribution in [-0.4, -0.2) is 67.8 Å². The molecule has 1 aliphatic heterocycles. The number of carbonyl (C=O) groups is 2. The van der Waals surface area contributed by atoms with Crippen molar-refractivity contribution >= 4 is 21.8 Å². The van der Waals surface area contributed by atoms with Crippen LogP contribution in [0.1, 0.15) is 43.7 Å². The number of aryl methyl sites for hydroxylation is 2. The maximum atomic E-state index is 13.7. The summed E-state index contributed by atoms with van der Waals surface area (Å²) in [6.45, 7) is 7.03. The lowest BCUT2D eigenvalue weighted by Crippen LogP contribution is -2.58. The minimum Gasteiger partial charge on any atom is -0.450 e. The van der Waals surface area contributed by atoms with E-state index in [-0.39, 0.29) is 10.8 Å². The summed E-state index contributed by atoms with van der Waals surface area (Å²) in [6, 6.07) is 5.36. The molecule has 1 aromatic carbocycles. The molecule has 0 spiro atoms. The van der Waals surface area contributed by atoms with Crippen LogP contribution >= 0.6 is 0 Å². The van der Waals surface area contributed by atoms with Crippen LogP contribution in [0.2, 0.25) is 0 Å². The van der Waals surface area contributed by atoms with Crippen LogP contribution in [0.15, 0.2) is 23.1 Å². The highest BCUT2D eigenvalue weighted by atomic mass is 32.2. The molecule has 7 nitrogen and oxygen atoms in total. The first-order valence-corrected chi connectivity index (χ1v) is 11.7. The molecular formula is C21H30N2O5S. The number of hydrogen-bond donors (Lipinski definition) is 0. The number of rotatable bonds is 4. The van der Waals surface area contributed by atoms with Crippen LogP contribution in [0, 0.1) is 13.8 Å². The Morgan fingerprint density at radius 1 is 1.03 bits per heavy atom. The second-order valence-corrected chi connectivity index (χ2v) is 10.2. The van der Waals surface area contributed by atoms with E-state index < -0.39 is 20.7 Å². The third kappa shape index (κ3) is 3.86. The predicted molar refractivity (Wildman–Crippen MR) is 109 cm³/mol. The van der Waals surface area contributed by atoms with Gasteiger partial charge in [0.2, 0.25) is 5.91 Å². The monoisotopic (exact) mass is 422 g/mol. The average Bonchev–Trinajstić information content (AvgIpc) is 3.21. The van der Waals surface area contributed by atoms with E-state index in [1.807, 2.05) is 13.0 Å². The molecule has 1 saturated carbocycles. The van der Waals surface area contributed by atoms with Gasteiger partial charge in [-0.2, -0.15) is 0 Å². The Morgan fingerprint density at radius 3 is 2.21 bits per heavy atom. The molecule has 29 heavy (non-hydrogen) atoms. The first kappa shape index (κ1) is 21.6. The molecule has 1 aliphatic carbocycles. The smallest absolute Gasteiger partial charge is 0.409 e. The van der Waals surface area contributed by atoms with Gasteiger partial charge in [0.25, 0.3) is 0 Å². The second kappa shape index (κ2) is 8.34. The molecule has 0 bridgehead atoms. The maximum absolute atomic E-state index is 13.7. The first-order chi connectivity index (χ1) is 13.7. The van der Waals surface area contributed by atoms with Crippen LogP contribution in [0.5, 0.6) is 0 Å².